The largest absolute Gasteiger partial charge is 0.342 e. The lowest BCUT2D eigenvalue weighted by atomic mass is 9.79. The lowest BCUT2D eigenvalue weighted by molar-refractivity contribution is 0.965. The molecule has 130 valence electrons. The van der Waals surface area contributed by atoms with E-state index in [1.807, 2.05) is 42.5 Å². The summed E-state index contributed by atoms with van der Waals surface area (Å²) in [6.07, 6.45) is 2.01. The highest BCUT2D eigenvalue weighted by Crippen LogP contribution is 2.44. The number of rotatable bonds is 1. The van der Waals surface area contributed by atoms with Gasteiger partial charge in [0.1, 0.15) is 17.5 Å². The van der Waals surface area contributed by atoms with Crippen molar-refractivity contribution in [2.75, 3.05) is 5.32 Å². The highest BCUT2D eigenvalue weighted by Gasteiger charge is 2.40. The highest BCUT2D eigenvalue weighted by molar-refractivity contribution is 6.26. The van der Waals surface area contributed by atoms with E-state index in [-0.39, 0.29) is 17.3 Å². The topological polar surface area (TPSA) is 108 Å². The van der Waals surface area contributed by atoms with E-state index in [1.54, 1.807) is 12.1 Å². The highest BCUT2D eigenvalue weighted by atomic mass is 15.1. The van der Waals surface area contributed by atoms with Crippen LogP contribution in [0.4, 0.5) is 5.69 Å². The zero-order valence-corrected chi connectivity index (χ0v) is 14.6. The molecule has 6 heteroatoms. The predicted molar refractivity (Wildman–Crippen MR) is 107 cm³/mol. The van der Waals surface area contributed by atoms with Crippen molar-refractivity contribution in [3.63, 3.8) is 0 Å². The van der Waals surface area contributed by atoms with Gasteiger partial charge in [0.25, 0.3) is 0 Å². The van der Waals surface area contributed by atoms with Gasteiger partial charge in [0, 0.05) is 16.8 Å². The van der Waals surface area contributed by atoms with Gasteiger partial charge in [-0.3, -0.25) is 10.4 Å². The molecule has 0 saturated carbocycles. The molecule has 2 N–H and O–H groups in total. The van der Waals surface area contributed by atoms with Crippen LogP contribution in [0.2, 0.25) is 0 Å². The lowest BCUT2D eigenvalue weighted by Gasteiger charge is -2.35. The van der Waals surface area contributed by atoms with Gasteiger partial charge in [-0.2, -0.15) is 10.5 Å². The SMILES string of the molecule is N#CC1=C2N=C(c3ccc(C#N)cc3)C=C3c4ccccc4NC(=NC1=N)C32. The average Bonchev–Trinajstić information content (AvgIpc) is 2.73. The molecule has 0 aliphatic carbocycles. The fourth-order valence-corrected chi connectivity index (χ4v) is 3.73. The number of hydrogen-bond acceptors (Lipinski definition) is 5. The molecule has 0 amide bonds. The van der Waals surface area contributed by atoms with E-state index >= 15 is 0 Å². The number of aliphatic imine (C=N–C) groups is 2. The van der Waals surface area contributed by atoms with Crippen LogP contribution in [0.3, 0.4) is 0 Å². The molecule has 0 fully saturated rings. The monoisotopic (exact) mass is 360 g/mol. The van der Waals surface area contributed by atoms with Crippen molar-refractivity contribution in [3.05, 3.63) is 82.6 Å². The Balaban J connectivity index is 1.77. The molecule has 3 aliphatic rings. The summed E-state index contributed by atoms with van der Waals surface area (Å²) in [5.41, 5.74) is 5.78. The molecule has 3 heterocycles. The fraction of sp³-hybridized carbons (Fsp3) is 0.0455. The summed E-state index contributed by atoms with van der Waals surface area (Å²) in [5.74, 6) is 0.243. The van der Waals surface area contributed by atoms with Crippen molar-refractivity contribution >= 4 is 28.6 Å². The number of nitriles is 2. The van der Waals surface area contributed by atoms with Crippen LogP contribution >= 0.6 is 0 Å². The van der Waals surface area contributed by atoms with Crippen molar-refractivity contribution in [1.82, 2.24) is 0 Å². The Kier molecular flexibility index (Phi) is 3.34. The maximum absolute atomic E-state index is 9.62. The smallest absolute Gasteiger partial charge is 0.166 e. The van der Waals surface area contributed by atoms with Gasteiger partial charge in [-0.25, -0.2) is 4.99 Å². The minimum atomic E-state index is -0.291. The van der Waals surface area contributed by atoms with E-state index in [9.17, 15) is 5.26 Å². The lowest BCUT2D eigenvalue weighted by Crippen LogP contribution is -2.37. The molecule has 3 aliphatic heterocycles. The van der Waals surface area contributed by atoms with Gasteiger partial charge in [0.15, 0.2) is 5.84 Å². The first-order valence-corrected chi connectivity index (χ1v) is 8.68. The molecule has 0 saturated heterocycles. The number of anilines is 1. The minimum absolute atomic E-state index is 0.0835. The van der Waals surface area contributed by atoms with Gasteiger partial charge in [-0.15, -0.1) is 0 Å². The first kappa shape index (κ1) is 15.9. The second kappa shape index (κ2) is 5.87. The van der Waals surface area contributed by atoms with Crippen LogP contribution in [0.5, 0.6) is 0 Å². The van der Waals surface area contributed by atoms with E-state index in [0.29, 0.717) is 22.8 Å². The summed E-state index contributed by atoms with van der Waals surface area (Å²) in [4.78, 5) is 9.06. The second-order valence-electron chi connectivity index (χ2n) is 6.61. The number of para-hydroxylation sites is 1. The summed E-state index contributed by atoms with van der Waals surface area (Å²) >= 11 is 0. The third kappa shape index (κ3) is 2.22. The number of benzene rings is 2. The fourth-order valence-electron chi connectivity index (χ4n) is 3.73. The van der Waals surface area contributed by atoms with Crippen LogP contribution in [0, 0.1) is 34.0 Å². The molecule has 2 aromatic rings. The van der Waals surface area contributed by atoms with E-state index in [2.05, 4.69) is 22.4 Å². The number of fused-ring (bicyclic) bond motifs is 2. The molecule has 2 aromatic carbocycles. The van der Waals surface area contributed by atoms with Crippen LogP contribution in [0.25, 0.3) is 5.57 Å². The predicted octanol–water partition coefficient (Wildman–Crippen LogP) is 3.65. The van der Waals surface area contributed by atoms with Crippen LogP contribution < -0.4 is 5.32 Å². The summed E-state index contributed by atoms with van der Waals surface area (Å²) in [7, 11) is 0. The second-order valence-corrected chi connectivity index (χ2v) is 6.61. The van der Waals surface area contributed by atoms with Crippen LogP contribution in [-0.4, -0.2) is 17.4 Å². The Labute approximate surface area is 161 Å². The zero-order chi connectivity index (χ0) is 19.3. The molecule has 0 bridgehead atoms. The molecular weight excluding hydrogens is 348 g/mol. The van der Waals surface area contributed by atoms with Crippen LogP contribution in [0.1, 0.15) is 16.7 Å². The molecule has 0 radical (unpaired) electrons. The molecular formula is C22H12N6. The van der Waals surface area contributed by atoms with Crippen molar-refractivity contribution in [2.24, 2.45) is 15.9 Å². The Morgan fingerprint density at radius 3 is 2.50 bits per heavy atom. The quantitative estimate of drug-likeness (QED) is 0.810. The van der Waals surface area contributed by atoms with E-state index in [1.165, 1.54) is 0 Å². The molecule has 1 unspecified atom stereocenters. The van der Waals surface area contributed by atoms with Gasteiger partial charge in [0.05, 0.1) is 29.0 Å². The van der Waals surface area contributed by atoms with Gasteiger partial charge in [0.2, 0.25) is 0 Å². The summed E-state index contributed by atoms with van der Waals surface area (Å²) in [6.45, 7) is 0. The Morgan fingerprint density at radius 2 is 1.75 bits per heavy atom. The molecule has 0 aromatic heterocycles. The van der Waals surface area contributed by atoms with Gasteiger partial charge < -0.3 is 5.32 Å². The Morgan fingerprint density at radius 1 is 0.964 bits per heavy atom. The Hall–Kier alpha value is -4.29. The van der Waals surface area contributed by atoms with Crippen LogP contribution in [-0.2, 0) is 0 Å². The number of allylic oxidation sites excluding steroid dienone is 1. The van der Waals surface area contributed by atoms with Crippen molar-refractivity contribution in [3.8, 4) is 12.1 Å². The zero-order valence-electron chi connectivity index (χ0n) is 14.6. The van der Waals surface area contributed by atoms with Crippen LogP contribution in [0.15, 0.2) is 75.9 Å². The Bertz CT molecular complexity index is 1260. The number of dihydropyridines is 2. The maximum Gasteiger partial charge on any atom is 0.166 e. The van der Waals surface area contributed by atoms with E-state index in [4.69, 9.17) is 15.7 Å². The average molecular weight is 360 g/mol. The standard InChI is InChI=1S/C22H12N6/c23-10-12-5-7-13(8-6-12)18-9-15-14-3-1-2-4-17(14)27-22-19(15)20(26-18)16(11-24)21(25)28-22/h1-9,19H,(H2,25,27,28). The number of nitrogens with one attached hydrogen (secondary N) is 2. The van der Waals surface area contributed by atoms with Crippen molar-refractivity contribution in [1.29, 1.82) is 15.9 Å². The van der Waals surface area contributed by atoms with Crippen molar-refractivity contribution in [2.45, 2.75) is 0 Å². The maximum atomic E-state index is 9.62. The van der Waals surface area contributed by atoms with Gasteiger partial charge >= 0.3 is 0 Å². The molecule has 6 nitrogen and oxygen atoms in total. The first-order chi connectivity index (χ1) is 13.7. The number of nitrogens with zero attached hydrogens (tertiary/aromatic N) is 4. The van der Waals surface area contributed by atoms with Crippen molar-refractivity contribution < 1.29 is 0 Å². The number of amidine groups is 2. The molecule has 0 spiro atoms. The molecule has 5 rings (SSSR count). The van der Waals surface area contributed by atoms with E-state index in [0.717, 1.165) is 22.4 Å². The summed E-state index contributed by atoms with van der Waals surface area (Å²) < 4.78 is 0. The summed E-state index contributed by atoms with van der Waals surface area (Å²) in [5, 5.41) is 30.1. The molecule has 1 atom stereocenters. The third-order valence-electron chi connectivity index (χ3n) is 5.04. The van der Waals surface area contributed by atoms with E-state index < -0.39 is 0 Å². The van der Waals surface area contributed by atoms with Gasteiger partial charge in [-0.1, -0.05) is 30.3 Å². The normalized spacial score (nSPS) is 19.1. The minimum Gasteiger partial charge on any atom is -0.342 e. The number of hydrogen-bond donors (Lipinski definition) is 2. The first-order valence-electron chi connectivity index (χ1n) is 8.68. The van der Waals surface area contributed by atoms with Gasteiger partial charge in [-0.05, 0) is 29.8 Å². The third-order valence-corrected chi connectivity index (χ3v) is 5.04. The summed E-state index contributed by atoms with van der Waals surface area (Å²) in [6, 6.07) is 19.3. The molecule has 28 heavy (non-hydrogen) atoms.